The number of anilines is 1. The van der Waals surface area contributed by atoms with Crippen molar-refractivity contribution < 1.29 is 24.2 Å². The first kappa shape index (κ1) is 18.2. The number of carbonyl (C=O) groups excluding carboxylic acids is 1. The van der Waals surface area contributed by atoms with Crippen molar-refractivity contribution >= 4 is 17.7 Å². The number of hydrogen-bond acceptors (Lipinski definition) is 4. The first-order valence-corrected chi connectivity index (χ1v) is 8.00. The summed E-state index contributed by atoms with van der Waals surface area (Å²) in [6.45, 7) is 3.08. The molecule has 0 fully saturated rings. The molecule has 0 unspecified atom stereocenters. The van der Waals surface area contributed by atoms with E-state index in [-0.39, 0.29) is 12.7 Å². The Morgan fingerprint density at radius 2 is 2.17 bits per heavy atom. The second kappa shape index (κ2) is 8.65. The Morgan fingerprint density at radius 1 is 1.38 bits per heavy atom. The Balaban J connectivity index is 2.22. The molecule has 2 amide bonds. The van der Waals surface area contributed by atoms with Crippen molar-refractivity contribution in [1.29, 1.82) is 0 Å². The Bertz CT molecular complexity index is 615. The van der Waals surface area contributed by atoms with Crippen LogP contribution in [0.3, 0.4) is 0 Å². The lowest BCUT2D eigenvalue weighted by Crippen LogP contribution is -2.25. The zero-order valence-corrected chi connectivity index (χ0v) is 14.1. The fraction of sp³-hybridized carbons (Fsp3) is 0.529. The first-order valence-electron chi connectivity index (χ1n) is 8.00. The van der Waals surface area contributed by atoms with E-state index >= 15 is 0 Å². The molecule has 0 aliphatic carbocycles. The fourth-order valence-corrected chi connectivity index (χ4v) is 3.02. The summed E-state index contributed by atoms with van der Waals surface area (Å²) < 4.78 is 10.3. The van der Waals surface area contributed by atoms with Gasteiger partial charge >= 0.3 is 6.09 Å². The largest absolute Gasteiger partial charge is 0.465 e. The van der Waals surface area contributed by atoms with Crippen LogP contribution in [0.15, 0.2) is 6.07 Å². The summed E-state index contributed by atoms with van der Waals surface area (Å²) in [6.07, 6.45) is 1.45. The van der Waals surface area contributed by atoms with Crippen LogP contribution in [0.1, 0.15) is 28.7 Å². The molecule has 2 rings (SSSR count). The number of hydrogen-bond donors (Lipinski definition) is 3. The van der Waals surface area contributed by atoms with Crippen molar-refractivity contribution in [2.24, 2.45) is 0 Å². The molecular formula is C17H24N2O5. The van der Waals surface area contributed by atoms with Crippen molar-refractivity contribution in [3.63, 3.8) is 0 Å². The van der Waals surface area contributed by atoms with Gasteiger partial charge in [-0.1, -0.05) is 6.07 Å². The predicted octanol–water partition coefficient (Wildman–Crippen LogP) is 1.85. The molecule has 0 bridgehead atoms. The Kier molecular flexibility index (Phi) is 6.57. The molecule has 1 aliphatic rings. The summed E-state index contributed by atoms with van der Waals surface area (Å²) in [7, 11) is 1.57. The number of carbonyl (C=O) groups is 2. The van der Waals surface area contributed by atoms with E-state index in [2.05, 4.69) is 16.7 Å². The molecule has 7 heteroatoms. The van der Waals surface area contributed by atoms with Gasteiger partial charge < -0.3 is 25.2 Å². The number of nitrogens with one attached hydrogen (secondary N) is 2. The number of fused-ring (bicyclic) bond motifs is 1. The number of benzene rings is 1. The van der Waals surface area contributed by atoms with E-state index in [4.69, 9.17) is 14.6 Å². The van der Waals surface area contributed by atoms with Gasteiger partial charge in [-0.15, -0.1) is 0 Å². The van der Waals surface area contributed by atoms with Crippen LogP contribution in [-0.4, -0.2) is 44.2 Å². The maximum Gasteiger partial charge on any atom is 0.404 e. The van der Waals surface area contributed by atoms with Crippen LogP contribution in [0.25, 0.3) is 0 Å². The highest BCUT2D eigenvalue weighted by atomic mass is 16.7. The summed E-state index contributed by atoms with van der Waals surface area (Å²) in [5, 5.41) is 14.1. The van der Waals surface area contributed by atoms with Gasteiger partial charge in [-0.25, -0.2) is 4.79 Å². The van der Waals surface area contributed by atoms with Crippen LogP contribution >= 0.6 is 0 Å². The van der Waals surface area contributed by atoms with Gasteiger partial charge in [0.15, 0.2) is 0 Å². The molecule has 3 N–H and O–H groups in total. The van der Waals surface area contributed by atoms with Gasteiger partial charge in [0, 0.05) is 25.8 Å². The molecule has 0 saturated carbocycles. The lowest BCUT2D eigenvalue weighted by molar-refractivity contribution is -0.116. The number of aryl methyl sites for hydroxylation is 1. The second-order valence-electron chi connectivity index (χ2n) is 5.77. The van der Waals surface area contributed by atoms with E-state index < -0.39 is 6.09 Å². The predicted molar refractivity (Wildman–Crippen MR) is 89.4 cm³/mol. The van der Waals surface area contributed by atoms with Crippen molar-refractivity contribution in [2.45, 2.75) is 32.6 Å². The molecule has 0 saturated heterocycles. The minimum atomic E-state index is -1.03. The third-order valence-electron chi connectivity index (χ3n) is 4.14. The van der Waals surface area contributed by atoms with E-state index in [0.29, 0.717) is 38.8 Å². The topological polar surface area (TPSA) is 96.9 Å². The fourth-order valence-electron chi connectivity index (χ4n) is 3.02. The highest BCUT2D eigenvalue weighted by Crippen LogP contribution is 2.32. The van der Waals surface area contributed by atoms with Gasteiger partial charge in [0.2, 0.25) is 5.91 Å². The summed E-state index contributed by atoms with van der Waals surface area (Å²) in [5.74, 6) is 0.0347. The maximum absolute atomic E-state index is 11.7. The van der Waals surface area contributed by atoms with Crippen LogP contribution in [0.2, 0.25) is 0 Å². The van der Waals surface area contributed by atoms with Crippen LogP contribution in [0.4, 0.5) is 10.5 Å². The van der Waals surface area contributed by atoms with E-state index in [0.717, 1.165) is 27.9 Å². The molecule has 24 heavy (non-hydrogen) atoms. The smallest absolute Gasteiger partial charge is 0.404 e. The van der Waals surface area contributed by atoms with Crippen LogP contribution < -0.4 is 10.6 Å². The maximum atomic E-state index is 11.7. The summed E-state index contributed by atoms with van der Waals surface area (Å²) >= 11 is 0. The van der Waals surface area contributed by atoms with Gasteiger partial charge in [0.05, 0.1) is 6.61 Å². The Morgan fingerprint density at radius 3 is 2.88 bits per heavy atom. The summed E-state index contributed by atoms with van der Waals surface area (Å²) in [4.78, 5) is 22.4. The molecule has 1 aromatic carbocycles. The average molecular weight is 336 g/mol. The molecule has 0 radical (unpaired) electrons. The van der Waals surface area contributed by atoms with Crippen molar-refractivity contribution in [3.05, 3.63) is 28.3 Å². The van der Waals surface area contributed by atoms with Gasteiger partial charge in [0.25, 0.3) is 0 Å². The van der Waals surface area contributed by atoms with E-state index in [9.17, 15) is 9.59 Å². The van der Waals surface area contributed by atoms with E-state index in [1.807, 2.05) is 6.92 Å². The van der Waals surface area contributed by atoms with E-state index in [1.165, 1.54) is 0 Å². The van der Waals surface area contributed by atoms with Crippen LogP contribution in [0.5, 0.6) is 0 Å². The quantitative estimate of drug-likeness (QED) is 0.497. The van der Waals surface area contributed by atoms with Crippen molar-refractivity contribution in [3.8, 4) is 0 Å². The third-order valence-corrected chi connectivity index (χ3v) is 4.14. The minimum absolute atomic E-state index is 0.0347. The molecular weight excluding hydrogens is 312 g/mol. The van der Waals surface area contributed by atoms with E-state index in [1.54, 1.807) is 7.11 Å². The first-order chi connectivity index (χ1) is 11.5. The molecule has 1 heterocycles. The SMILES string of the molecule is COCOCCc1c(CCNC(=O)O)cc2c(c1C)NC(=O)CC2. The number of carboxylic acid groups (broad SMARTS) is 1. The summed E-state index contributed by atoms with van der Waals surface area (Å²) in [6, 6.07) is 2.08. The highest BCUT2D eigenvalue weighted by molar-refractivity contribution is 5.95. The lowest BCUT2D eigenvalue weighted by atomic mass is 9.89. The Hall–Kier alpha value is -2.12. The molecule has 0 atom stereocenters. The monoisotopic (exact) mass is 336 g/mol. The normalized spacial score (nSPS) is 13.3. The summed E-state index contributed by atoms with van der Waals surface area (Å²) in [5.41, 5.74) is 5.23. The number of rotatable bonds is 8. The minimum Gasteiger partial charge on any atom is -0.465 e. The third kappa shape index (κ3) is 4.69. The highest BCUT2D eigenvalue weighted by Gasteiger charge is 2.21. The molecule has 1 aromatic rings. The number of methoxy groups -OCH3 is 1. The number of ether oxygens (including phenoxy) is 2. The van der Waals surface area contributed by atoms with Gasteiger partial charge in [0.1, 0.15) is 6.79 Å². The molecule has 0 spiro atoms. The molecule has 7 nitrogen and oxygen atoms in total. The average Bonchev–Trinajstić information content (AvgIpc) is 2.54. The Labute approximate surface area is 141 Å². The zero-order valence-electron chi connectivity index (χ0n) is 14.1. The molecule has 0 aromatic heterocycles. The van der Waals surface area contributed by atoms with Gasteiger partial charge in [-0.3, -0.25) is 4.79 Å². The van der Waals surface area contributed by atoms with Gasteiger partial charge in [-0.2, -0.15) is 0 Å². The van der Waals surface area contributed by atoms with Crippen molar-refractivity contribution in [1.82, 2.24) is 5.32 Å². The standard InChI is InChI=1S/C17H24N2O5/c1-11-14(6-8-24-10-23-2)12(5-7-18-17(21)22)9-13-3-4-15(20)19-16(11)13/h9,18H,3-8,10H2,1-2H3,(H,19,20)(H,21,22). The zero-order chi connectivity index (χ0) is 17.5. The lowest BCUT2D eigenvalue weighted by Gasteiger charge is -2.24. The van der Waals surface area contributed by atoms with Gasteiger partial charge in [-0.05, 0) is 48.4 Å². The van der Waals surface area contributed by atoms with Crippen molar-refractivity contribution in [2.75, 3.05) is 32.4 Å². The van der Waals surface area contributed by atoms with Crippen LogP contribution in [-0.2, 0) is 33.5 Å². The molecule has 132 valence electrons. The second-order valence-corrected chi connectivity index (χ2v) is 5.77. The number of amides is 2. The van der Waals surface area contributed by atoms with Crippen LogP contribution in [0, 0.1) is 6.92 Å². The molecule has 1 aliphatic heterocycles.